The third kappa shape index (κ3) is 3.69. The highest BCUT2D eigenvalue weighted by Crippen LogP contribution is 1.72. The SMILES string of the molecule is CCOC([O])=S. The monoisotopic (exact) mass is 105 g/mol. The van der Waals surface area contributed by atoms with Crippen LogP contribution in [0.25, 0.3) is 0 Å². The minimum atomic E-state index is -0.627. The number of thiocarbonyl (C=S) groups is 1. The van der Waals surface area contributed by atoms with Gasteiger partial charge in [-0.1, -0.05) is 0 Å². The molecule has 0 bridgehead atoms. The summed E-state index contributed by atoms with van der Waals surface area (Å²) in [5, 5.41) is 9.01. The van der Waals surface area contributed by atoms with E-state index >= 15 is 0 Å². The third-order valence-electron chi connectivity index (χ3n) is 0.262. The first-order valence-corrected chi connectivity index (χ1v) is 2.02. The summed E-state index contributed by atoms with van der Waals surface area (Å²) in [6.45, 7) is 2.09. The minimum Gasteiger partial charge on any atom is -0.454 e. The van der Waals surface area contributed by atoms with E-state index < -0.39 is 5.24 Å². The molecule has 0 atom stereocenters. The van der Waals surface area contributed by atoms with E-state index in [1.165, 1.54) is 0 Å². The molecule has 0 aliphatic heterocycles. The van der Waals surface area contributed by atoms with E-state index in [1.54, 1.807) is 6.92 Å². The van der Waals surface area contributed by atoms with Gasteiger partial charge in [0.05, 0.1) is 6.61 Å². The first kappa shape index (κ1) is 5.69. The molecule has 35 valence electrons. The molecule has 0 aliphatic rings. The van der Waals surface area contributed by atoms with Gasteiger partial charge in [0.15, 0.2) is 0 Å². The van der Waals surface area contributed by atoms with Crippen molar-refractivity contribution in [3.05, 3.63) is 0 Å². The molecule has 1 radical (unpaired) electrons. The zero-order valence-corrected chi connectivity index (χ0v) is 4.25. The van der Waals surface area contributed by atoms with Gasteiger partial charge in [0.25, 0.3) is 0 Å². The van der Waals surface area contributed by atoms with E-state index in [0.29, 0.717) is 6.61 Å². The third-order valence-corrected chi connectivity index (χ3v) is 0.380. The summed E-state index contributed by atoms with van der Waals surface area (Å²) in [6, 6.07) is 0. The lowest BCUT2D eigenvalue weighted by Gasteiger charge is -1.87. The molecule has 0 saturated heterocycles. The number of hydrogen-bond acceptors (Lipinski definition) is 2. The lowest BCUT2D eigenvalue weighted by Crippen LogP contribution is -1.94. The Morgan fingerprint density at radius 1 is 2.00 bits per heavy atom. The van der Waals surface area contributed by atoms with Crippen molar-refractivity contribution in [2.24, 2.45) is 0 Å². The highest BCUT2D eigenvalue weighted by atomic mass is 32.1. The van der Waals surface area contributed by atoms with Crippen LogP contribution < -0.4 is 0 Å². The fraction of sp³-hybridized carbons (Fsp3) is 0.667. The minimum absolute atomic E-state index is 0.377. The van der Waals surface area contributed by atoms with Crippen molar-refractivity contribution >= 4 is 17.5 Å². The Morgan fingerprint density at radius 3 is 2.50 bits per heavy atom. The van der Waals surface area contributed by atoms with E-state index in [4.69, 9.17) is 0 Å². The Bertz CT molecular complexity index is 52.8. The van der Waals surface area contributed by atoms with Gasteiger partial charge in [-0.3, -0.25) is 0 Å². The quantitative estimate of drug-likeness (QED) is 0.460. The Hall–Kier alpha value is -0.310. The predicted molar refractivity (Wildman–Crippen MR) is 24.9 cm³/mol. The van der Waals surface area contributed by atoms with Gasteiger partial charge in [0, 0.05) is 12.2 Å². The first-order chi connectivity index (χ1) is 2.77. The van der Waals surface area contributed by atoms with Gasteiger partial charge in [0.2, 0.25) is 0 Å². The molecule has 0 aliphatic carbocycles. The maximum atomic E-state index is 9.64. The lowest BCUT2D eigenvalue weighted by atomic mass is 10.9. The Morgan fingerprint density at radius 2 is 2.50 bits per heavy atom. The van der Waals surface area contributed by atoms with Crippen LogP contribution in [0, 0.1) is 0 Å². The largest absolute Gasteiger partial charge is 0.454 e. The van der Waals surface area contributed by atoms with Crippen LogP contribution in [0.2, 0.25) is 0 Å². The Labute approximate surface area is 41.7 Å². The first-order valence-electron chi connectivity index (χ1n) is 1.61. The Balaban J connectivity index is 2.83. The lowest BCUT2D eigenvalue weighted by molar-refractivity contribution is 0.221. The number of rotatable bonds is 1. The summed E-state index contributed by atoms with van der Waals surface area (Å²) in [7, 11) is 0. The van der Waals surface area contributed by atoms with Crippen molar-refractivity contribution in [2.75, 3.05) is 6.61 Å². The van der Waals surface area contributed by atoms with E-state index in [2.05, 4.69) is 17.0 Å². The average molecular weight is 105 g/mol. The van der Waals surface area contributed by atoms with Crippen molar-refractivity contribution in [3.8, 4) is 0 Å². The van der Waals surface area contributed by atoms with Crippen molar-refractivity contribution in [1.82, 2.24) is 0 Å². The molecule has 0 rings (SSSR count). The van der Waals surface area contributed by atoms with Gasteiger partial charge in [-0.25, -0.2) is 5.11 Å². The van der Waals surface area contributed by atoms with Gasteiger partial charge in [-0.2, -0.15) is 0 Å². The van der Waals surface area contributed by atoms with Crippen molar-refractivity contribution in [3.63, 3.8) is 0 Å². The maximum Gasteiger partial charge on any atom is 0.400 e. The average Bonchev–Trinajstić information content (AvgIpc) is 1.35. The fourth-order valence-corrected chi connectivity index (χ4v) is 0.236. The zero-order chi connectivity index (χ0) is 4.99. The summed E-state index contributed by atoms with van der Waals surface area (Å²) in [5.41, 5.74) is 0. The molecule has 0 aromatic carbocycles. The highest BCUT2D eigenvalue weighted by molar-refractivity contribution is 7.79. The van der Waals surface area contributed by atoms with Crippen molar-refractivity contribution in [2.45, 2.75) is 6.92 Å². The van der Waals surface area contributed by atoms with Crippen LogP contribution in [-0.2, 0) is 9.84 Å². The molecule has 0 N–H and O–H groups in total. The summed E-state index contributed by atoms with van der Waals surface area (Å²) >= 11 is 4.02. The maximum absolute atomic E-state index is 9.64. The molecular weight excluding hydrogens is 100 g/mol. The topological polar surface area (TPSA) is 29.1 Å². The second-order valence-corrected chi connectivity index (χ2v) is 1.02. The van der Waals surface area contributed by atoms with E-state index in [9.17, 15) is 5.11 Å². The van der Waals surface area contributed by atoms with Gasteiger partial charge >= 0.3 is 5.24 Å². The van der Waals surface area contributed by atoms with Crippen LogP contribution in [0.5, 0.6) is 0 Å². The van der Waals surface area contributed by atoms with Gasteiger partial charge in [-0.05, 0) is 6.92 Å². The highest BCUT2D eigenvalue weighted by Gasteiger charge is 1.84. The van der Waals surface area contributed by atoms with Gasteiger partial charge in [0.1, 0.15) is 0 Å². The molecule has 3 heteroatoms. The summed E-state index contributed by atoms with van der Waals surface area (Å²) in [6.07, 6.45) is 0. The molecule has 0 amide bonds. The molecule has 0 saturated carbocycles. The molecule has 0 aromatic rings. The fourth-order valence-electron chi connectivity index (χ4n) is 0.118. The Kier molecular flexibility index (Phi) is 2.75. The number of hydrogen-bond donors (Lipinski definition) is 0. The molecule has 0 fully saturated rings. The van der Waals surface area contributed by atoms with Crippen LogP contribution in [0.4, 0.5) is 0 Å². The molecule has 2 nitrogen and oxygen atoms in total. The van der Waals surface area contributed by atoms with Gasteiger partial charge < -0.3 is 4.74 Å². The van der Waals surface area contributed by atoms with Gasteiger partial charge in [-0.15, -0.1) is 0 Å². The second-order valence-electron chi connectivity index (χ2n) is 0.683. The predicted octanol–water partition coefficient (Wildman–Crippen LogP) is 0.738. The molecular formula is C3H5O2S. The van der Waals surface area contributed by atoms with Crippen LogP contribution in [0.3, 0.4) is 0 Å². The van der Waals surface area contributed by atoms with E-state index in [0.717, 1.165) is 0 Å². The standard InChI is InChI=1S/C3H5O2S/c1-2-5-3(4)6/h2H2,1H3. The molecule has 6 heavy (non-hydrogen) atoms. The van der Waals surface area contributed by atoms with Crippen LogP contribution in [0.1, 0.15) is 6.92 Å². The van der Waals surface area contributed by atoms with Crippen molar-refractivity contribution < 1.29 is 9.84 Å². The zero-order valence-electron chi connectivity index (χ0n) is 3.43. The molecule has 0 spiro atoms. The summed E-state index contributed by atoms with van der Waals surface area (Å²) in [4.78, 5) is 0. The molecule has 0 aromatic heterocycles. The molecule has 0 heterocycles. The summed E-state index contributed by atoms with van der Waals surface area (Å²) < 4.78 is 4.22. The second kappa shape index (κ2) is 2.90. The van der Waals surface area contributed by atoms with Crippen LogP contribution in [-0.4, -0.2) is 11.8 Å². The van der Waals surface area contributed by atoms with Crippen molar-refractivity contribution in [1.29, 1.82) is 0 Å². The normalized spacial score (nSPS) is 7.50. The van der Waals surface area contributed by atoms with Crippen LogP contribution in [0.15, 0.2) is 0 Å². The smallest absolute Gasteiger partial charge is 0.400 e. The number of ether oxygens (including phenoxy) is 1. The van der Waals surface area contributed by atoms with Crippen LogP contribution >= 0.6 is 12.2 Å². The van der Waals surface area contributed by atoms with E-state index in [1.807, 2.05) is 0 Å². The molecule has 0 unspecified atom stereocenters. The van der Waals surface area contributed by atoms with E-state index in [-0.39, 0.29) is 0 Å². The summed E-state index contributed by atoms with van der Waals surface area (Å²) in [5.74, 6) is 0.